The fourth-order valence-electron chi connectivity index (χ4n) is 2.29. The molecule has 5 nitrogen and oxygen atoms in total. The summed E-state index contributed by atoms with van der Waals surface area (Å²) in [4.78, 5) is 22.6. The number of benzene rings is 3. The van der Waals surface area contributed by atoms with Gasteiger partial charge in [0.25, 0.3) is 5.69 Å². The molecular weight excluding hydrogens is 325 g/mol. The van der Waals surface area contributed by atoms with Gasteiger partial charge < -0.3 is 4.74 Å². The molecule has 0 spiro atoms. The minimum absolute atomic E-state index is 0.170. The Morgan fingerprint density at radius 2 is 1.60 bits per heavy atom. The largest absolute Gasteiger partial charge is 0.454 e. The number of non-ortho nitro benzene ring substituents is 1. The number of para-hydroxylation sites is 1. The van der Waals surface area contributed by atoms with Crippen molar-refractivity contribution in [3.63, 3.8) is 0 Å². The molecule has 0 heterocycles. The zero-order valence-electron chi connectivity index (χ0n) is 12.9. The maximum absolute atomic E-state index is 14.0. The minimum Gasteiger partial charge on any atom is -0.454 e. The van der Waals surface area contributed by atoms with Crippen molar-refractivity contribution in [2.24, 2.45) is 0 Å². The van der Waals surface area contributed by atoms with Crippen LogP contribution in [-0.4, -0.2) is 10.7 Å². The highest BCUT2D eigenvalue weighted by atomic mass is 19.1. The summed E-state index contributed by atoms with van der Waals surface area (Å²) in [5, 5.41) is 10.7. The highest BCUT2D eigenvalue weighted by molar-refractivity contribution is 6.10. The lowest BCUT2D eigenvalue weighted by atomic mass is 10.0. The summed E-state index contributed by atoms with van der Waals surface area (Å²) in [5.41, 5.74) is 0.368. The van der Waals surface area contributed by atoms with Gasteiger partial charge >= 0.3 is 0 Å². The van der Waals surface area contributed by atoms with Gasteiger partial charge in [-0.15, -0.1) is 0 Å². The van der Waals surface area contributed by atoms with Crippen LogP contribution < -0.4 is 4.74 Å². The van der Waals surface area contributed by atoms with Gasteiger partial charge in [0.1, 0.15) is 5.75 Å². The van der Waals surface area contributed by atoms with E-state index >= 15 is 0 Å². The molecule has 124 valence electrons. The molecule has 0 unspecified atom stereocenters. The average Bonchev–Trinajstić information content (AvgIpc) is 2.64. The van der Waals surface area contributed by atoms with Crippen LogP contribution in [0.15, 0.2) is 72.8 Å². The molecule has 0 radical (unpaired) electrons. The number of ether oxygens (including phenoxy) is 1. The Kier molecular flexibility index (Phi) is 4.52. The lowest BCUT2D eigenvalue weighted by Gasteiger charge is -2.11. The number of nitrogens with zero attached hydrogens (tertiary/aromatic N) is 1. The Bertz CT molecular complexity index is 941. The van der Waals surface area contributed by atoms with E-state index in [4.69, 9.17) is 4.74 Å². The Morgan fingerprint density at radius 1 is 0.920 bits per heavy atom. The molecule has 0 saturated carbocycles. The minimum atomic E-state index is -0.879. The molecule has 0 aliphatic carbocycles. The Balaban J connectivity index is 1.94. The van der Waals surface area contributed by atoms with Gasteiger partial charge in [-0.2, -0.15) is 0 Å². The van der Waals surface area contributed by atoms with Crippen LogP contribution >= 0.6 is 0 Å². The second-order valence-electron chi connectivity index (χ2n) is 5.17. The lowest BCUT2D eigenvalue weighted by Crippen LogP contribution is -2.03. The zero-order chi connectivity index (χ0) is 17.8. The normalized spacial score (nSPS) is 10.3. The smallest absolute Gasteiger partial charge is 0.272 e. The predicted octanol–water partition coefficient (Wildman–Crippen LogP) is 4.76. The van der Waals surface area contributed by atoms with E-state index in [2.05, 4.69) is 0 Å². The van der Waals surface area contributed by atoms with E-state index in [1.54, 1.807) is 48.5 Å². The summed E-state index contributed by atoms with van der Waals surface area (Å²) in [7, 11) is 0. The second-order valence-corrected chi connectivity index (χ2v) is 5.17. The molecule has 0 aromatic heterocycles. The summed E-state index contributed by atoms with van der Waals surface area (Å²) < 4.78 is 19.5. The van der Waals surface area contributed by atoms with Gasteiger partial charge in [0, 0.05) is 11.6 Å². The number of halogens is 1. The van der Waals surface area contributed by atoms with Crippen LogP contribution in [0.3, 0.4) is 0 Å². The van der Waals surface area contributed by atoms with Crippen molar-refractivity contribution in [2.75, 3.05) is 0 Å². The highest BCUT2D eigenvalue weighted by Crippen LogP contribution is 2.30. The quantitative estimate of drug-likeness (QED) is 0.382. The molecular formula is C19H12FNO4. The third-order valence-corrected chi connectivity index (χ3v) is 3.51. The van der Waals surface area contributed by atoms with Crippen molar-refractivity contribution < 1.29 is 18.8 Å². The first-order valence-electron chi connectivity index (χ1n) is 7.37. The Hall–Kier alpha value is -3.54. The van der Waals surface area contributed by atoms with Gasteiger partial charge in [0.2, 0.25) is 0 Å². The standard InChI is InChI=1S/C19H12FNO4/c20-16-12-14(21(23)24)10-11-18(16)25-17-9-5-4-8-15(17)19(22)13-6-2-1-3-7-13/h1-12H. The van der Waals surface area contributed by atoms with Crippen LogP contribution in [-0.2, 0) is 0 Å². The summed E-state index contributed by atoms with van der Waals surface area (Å²) in [6.45, 7) is 0. The van der Waals surface area contributed by atoms with Crippen molar-refractivity contribution in [1.29, 1.82) is 0 Å². The van der Waals surface area contributed by atoms with Crippen LogP contribution in [0.1, 0.15) is 15.9 Å². The van der Waals surface area contributed by atoms with Gasteiger partial charge in [-0.05, 0) is 18.2 Å². The van der Waals surface area contributed by atoms with E-state index in [0.717, 1.165) is 18.2 Å². The van der Waals surface area contributed by atoms with Crippen LogP contribution in [0.4, 0.5) is 10.1 Å². The van der Waals surface area contributed by atoms with E-state index in [-0.39, 0.29) is 28.5 Å². The van der Waals surface area contributed by atoms with E-state index in [9.17, 15) is 19.3 Å². The SMILES string of the molecule is O=C(c1ccccc1)c1ccccc1Oc1ccc([N+](=O)[O-])cc1F. The molecule has 3 aromatic rings. The molecule has 0 bridgehead atoms. The van der Waals surface area contributed by atoms with Gasteiger partial charge in [0.05, 0.1) is 16.6 Å². The van der Waals surface area contributed by atoms with Crippen LogP contribution in [0, 0.1) is 15.9 Å². The van der Waals surface area contributed by atoms with Gasteiger partial charge in [-0.3, -0.25) is 14.9 Å². The summed E-state index contributed by atoms with van der Waals surface area (Å²) >= 11 is 0. The zero-order valence-corrected chi connectivity index (χ0v) is 12.9. The summed E-state index contributed by atoms with van der Waals surface area (Å²) in [6, 6.07) is 18.1. The van der Waals surface area contributed by atoms with E-state index in [1.165, 1.54) is 6.07 Å². The number of ketones is 1. The number of carbonyl (C=O) groups is 1. The number of rotatable bonds is 5. The topological polar surface area (TPSA) is 69.4 Å². The fourth-order valence-corrected chi connectivity index (χ4v) is 2.29. The molecule has 0 amide bonds. The Labute approximate surface area is 142 Å². The van der Waals surface area contributed by atoms with E-state index in [1.807, 2.05) is 0 Å². The maximum atomic E-state index is 14.0. The van der Waals surface area contributed by atoms with Crippen molar-refractivity contribution in [1.82, 2.24) is 0 Å². The first-order chi connectivity index (χ1) is 12.1. The Morgan fingerprint density at radius 3 is 2.28 bits per heavy atom. The molecule has 0 aliphatic heterocycles. The summed E-state index contributed by atoms with van der Waals surface area (Å²) in [6.07, 6.45) is 0. The third-order valence-electron chi connectivity index (χ3n) is 3.51. The number of nitro benzene ring substituents is 1. The van der Waals surface area contributed by atoms with Gasteiger partial charge in [-0.1, -0.05) is 42.5 Å². The highest BCUT2D eigenvalue weighted by Gasteiger charge is 2.17. The number of hydrogen-bond donors (Lipinski definition) is 0. The fraction of sp³-hybridized carbons (Fsp3) is 0. The number of nitro groups is 1. The van der Waals surface area contributed by atoms with Gasteiger partial charge in [0.15, 0.2) is 17.3 Å². The third kappa shape index (κ3) is 3.53. The van der Waals surface area contributed by atoms with E-state index < -0.39 is 10.7 Å². The van der Waals surface area contributed by atoms with E-state index in [0.29, 0.717) is 5.56 Å². The first kappa shape index (κ1) is 16.3. The van der Waals surface area contributed by atoms with Gasteiger partial charge in [-0.25, -0.2) is 4.39 Å². The number of carbonyl (C=O) groups excluding carboxylic acids is 1. The second kappa shape index (κ2) is 6.92. The maximum Gasteiger partial charge on any atom is 0.272 e. The summed E-state index contributed by atoms with van der Waals surface area (Å²) in [5.74, 6) is -1.17. The molecule has 6 heteroatoms. The molecule has 3 aromatic carbocycles. The molecule has 0 saturated heterocycles. The number of hydrogen-bond acceptors (Lipinski definition) is 4. The predicted molar refractivity (Wildman–Crippen MR) is 89.4 cm³/mol. The lowest BCUT2D eigenvalue weighted by molar-refractivity contribution is -0.385. The molecule has 0 fully saturated rings. The molecule has 0 aliphatic rings. The average molecular weight is 337 g/mol. The van der Waals surface area contributed by atoms with Crippen molar-refractivity contribution in [2.45, 2.75) is 0 Å². The van der Waals surface area contributed by atoms with Crippen molar-refractivity contribution in [3.05, 3.63) is 99.9 Å². The van der Waals surface area contributed by atoms with Crippen LogP contribution in [0.25, 0.3) is 0 Å². The van der Waals surface area contributed by atoms with Crippen LogP contribution in [0.5, 0.6) is 11.5 Å². The van der Waals surface area contributed by atoms with Crippen molar-refractivity contribution >= 4 is 11.5 Å². The monoisotopic (exact) mass is 337 g/mol. The molecule has 0 atom stereocenters. The van der Waals surface area contributed by atoms with Crippen molar-refractivity contribution in [3.8, 4) is 11.5 Å². The van der Waals surface area contributed by atoms with Crippen LogP contribution in [0.2, 0.25) is 0 Å². The molecule has 0 N–H and O–H groups in total. The molecule has 25 heavy (non-hydrogen) atoms. The molecule has 3 rings (SSSR count). The first-order valence-corrected chi connectivity index (χ1v) is 7.37.